The summed E-state index contributed by atoms with van der Waals surface area (Å²) in [5, 5.41) is 6.88. The first-order valence-electron chi connectivity index (χ1n) is 9.44. The van der Waals surface area contributed by atoms with Crippen LogP contribution in [0.25, 0.3) is 5.65 Å². The van der Waals surface area contributed by atoms with E-state index in [9.17, 15) is 14.0 Å². The van der Waals surface area contributed by atoms with E-state index in [0.717, 1.165) is 4.68 Å². The van der Waals surface area contributed by atoms with Gasteiger partial charge in [-0.1, -0.05) is 18.2 Å². The van der Waals surface area contributed by atoms with Gasteiger partial charge in [-0.2, -0.15) is 0 Å². The third-order valence-electron chi connectivity index (χ3n) is 4.23. The molecule has 2 aromatic carbocycles. The standard InChI is InChI=1S/C21H18FN5O4/c1-2-30-17-9-4-3-8-16(17)24-18(28)13-27-21(29)26-11-10-23-20(19(26)25-27)31-15-7-5-6-14(22)12-15/h3-12H,2,13H2,1H3,(H,24,28). The predicted octanol–water partition coefficient (Wildman–Crippen LogP) is 2.86. The van der Waals surface area contributed by atoms with Crippen molar-refractivity contribution in [2.24, 2.45) is 0 Å². The molecule has 4 rings (SSSR count). The first kappa shape index (κ1) is 20.1. The van der Waals surface area contributed by atoms with Crippen LogP contribution in [0.3, 0.4) is 0 Å². The summed E-state index contributed by atoms with van der Waals surface area (Å²) in [4.78, 5) is 29.2. The van der Waals surface area contributed by atoms with E-state index >= 15 is 0 Å². The van der Waals surface area contributed by atoms with Crippen molar-refractivity contribution < 1.29 is 18.7 Å². The van der Waals surface area contributed by atoms with Gasteiger partial charge >= 0.3 is 5.69 Å². The molecule has 0 aliphatic heterocycles. The zero-order valence-corrected chi connectivity index (χ0v) is 16.5. The van der Waals surface area contributed by atoms with Gasteiger partial charge in [-0.3, -0.25) is 4.79 Å². The summed E-state index contributed by atoms with van der Waals surface area (Å²) in [5.74, 6) is -0.204. The van der Waals surface area contributed by atoms with Crippen LogP contribution in [0.4, 0.5) is 10.1 Å². The molecule has 0 saturated heterocycles. The van der Waals surface area contributed by atoms with Gasteiger partial charge in [-0.05, 0) is 31.2 Å². The second-order valence-corrected chi connectivity index (χ2v) is 6.40. The molecule has 10 heteroatoms. The van der Waals surface area contributed by atoms with E-state index in [-0.39, 0.29) is 23.8 Å². The van der Waals surface area contributed by atoms with Gasteiger partial charge in [0.25, 0.3) is 5.88 Å². The monoisotopic (exact) mass is 423 g/mol. The van der Waals surface area contributed by atoms with Crippen LogP contribution in [0, 0.1) is 5.82 Å². The number of carbonyl (C=O) groups is 1. The maximum absolute atomic E-state index is 13.4. The van der Waals surface area contributed by atoms with Crippen LogP contribution in [-0.2, 0) is 11.3 Å². The second kappa shape index (κ2) is 8.66. The molecular formula is C21H18FN5O4. The van der Waals surface area contributed by atoms with E-state index in [0.29, 0.717) is 18.0 Å². The molecule has 0 unspecified atom stereocenters. The quantitative estimate of drug-likeness (QED) is 0.491. The van der Waals surface area contributed by atoms with E-state index in [4.69, 9.17) is 9.47 Å². The summed E-state index contributed by atoms with van der Waals surface area (Å²) in [6.45, 7) is 1.95. The fourth-order valence-corrected chi connectivity index (χ4v) is 2.92. The van der Waals surface area contributed by atoms with Crippen molar-refractivity contribution in [3.63, 3.8) is 0 Å². The average molecular weight is 423 g/mol. The van der Waals surface area contributed by atoms with Gasteiger partial charge in [0.15, 0.2) is 0 Å². The highest BCUT2D eigenvalue weighted by molar-refractivity contribution is 5.92. The minimum atomic E-state index is -0.547. The highest BCUT2D eigenvalue weighted by atomic mass is 19.1. The van der Waals surface area contributed by atoms with Crippen LogP contribution in [-0.4, -0.2) is 31.7 Å². The summed E-state index contributed by atoms with van der Waals surface area (Å²) < 4.78 is 26.7. The molecular weight excluding hydrogens is 405 g/mol. The summed E-state index contributed by atoms with van der Waals surface area (Å²) in [6, 6.07) is 12.5. The van der Waals surface area contributed by atoms with Crippen molar-refractivity contribution >= 4 is 17.2 Å². The topological polar surface area (TPSA) is 99.8 Å². The van der Waals surface area contributed by atoms with E-state index in [1.54, 1.807) is 30.3 Å². The van der Waals surface area contributed by atoms with Crippen molar-refractivity contribution in [3.8, 4) is 17.4 Å². The predicted molar refractivity (Wildman–Crippen MR) is 110 cm³/mol. The van der Waals surface area contributed by atoms with Crippen molar-refractivity contribution in [2.45, 2.75) is 13.5 Å². The number of fused-ring (bicyclic) bond motifs is 1. The Morgan fingerprint density at radius 3 is 2.84 bits per heavy atom. The fraction of sp³-hybridized carbons (Fsp3) is 0.143. The summed E-state index contributed by atoms with van der Waals surface area (Å²) in [7, 11) is 0. The molecule has 0 saturated carbocycles. The van der Waals surface area contributed by atoms with Crippen LogP contribution in [0.2, 0.25) is 0 Å². The van der Waals surface area contributed by atoms with Crippen molar-refractivity contribution in [3.05, 3.63) is 77.2 Å². The molecule has 0 fully saturated rings. The molecule has 9 nitrogen and oxygen atoms in total. The Morgan fingerprint density at radius 1 is 1.19 bits per heavy atom. The molecule has 2 aromatic heterocycles. The maximum atomic E-state index is 13.4. The first-order valence-corrected chi connectivity index (χ1v) is 9.44. The van der Waals surface area contributed by atoms with Crippen LogP contribution in [0.5, 0.6) is 17.4 Å². The number of anilines is 1. The zero-order chi connectivity index (χ0) is 21.8. The molecule has 0 bridgehead atoms. The molecule has 31 heavy (non-hydrogen) atoms. The Labute approximate surface area is 175 Å². The van der Waals surface area contributed by atoms with E-state index in [1.807, 2.05) is 6.92 Å². The molecule has 0 spiro atoms. The molecule has 0 radical (unpaired) electrons. The second-order valence-electron chi connectivity index (χ2n) is 6.40. The molecule has 158 valence electrons. The molecule has 0 aliphatic carbocycles. The van der Waals surface area contributed by atoms with Crippen LogP contribution in [0.1, 0.15) is 6.92 Å². The molecule has 0 atom stereocenters. The highest BCUT2D eigenvalue weighted by Gasteiger charge is 2.16. The maximum Gasteiger partial charge on any atom is 0.351 e. The van der Waals surface area contributed by atoms with Gasteiger partial charge < -0.3 is 14.8 Å². The molecule has 1 N–H and O–H groups in total. The van der Waals surface area contributed by atoms with Crippen molar-refractivity contribution in [2.75, 3.05) is 11.9 Å². The van der Waals surface area contributed by atoms with Gasteiger partial charge in [0.2, 0.25) is 11.6 Å². The van der Waals surface area contributed by atoms with Crippen LogP contribution >= 0.6 is 0 Å². The Balaban J connectivity index is 1.58. The van der Waals surface area contributed by atoms with E-state index in [2.05, 4.69) is 15.4 Å². The highest BCUT2D eigenvalue weighted by Crippen LogP contribution is 2.24. The van der Waals surface area contributed by atoms with Crippen LogP contribution < -0.4 is 20.5 Å². The third-order valence-corrected chi connectivity index (χ3v) is 4.23. The minimum absolute atomic E-state index is 0.00560. The number of ether oxygens (including phenoxy) is 2. The molecule has 1 amide bonds. The minimum Gasteiger partial charge on any atom is -0.492 e. The van der Waals surface area contributed by atoms with Crippen LogP contribution in [0.15, 0.2) is 65.7 Å². The lowest BCUT2D eigenvalue weighted by Gasteiger charge is -2.10. The van der Waals surface area contributed by atoms with Crippen molar-refractivity contribution in [1.82, 2.24) is 19.2 Å². The average Bonchev–Trinajstić information content (AvgIpc) is 3.06. The Kier molecular flexibility index (Phi) is 5.61. The number of nitrogens with one attached hydrogen (secondary N) is 1. The Morgan fingerprint density at radius 2 is 2.03 bits per heavy atom. The van der Waals surface area contributed by atoms with Gasteiger partial charge in [-0.25, -0.2) is 23.3 Å². The van der Waals surface area contributed by atoms with Gasteiger partial charge in [0, 0.05) is 18.5 Å². The Bertz CT molecular complexity index is 1300. The third kappa shape index (κ3) is 4.37. The van der Waals surface area contributed by atoms with Gasteiger partial charge in [0.1, 0.15) is 23.9 Å². The molecule has 2 heterocycles. The largest absolute Gasteiger partial charge is 0.492 e. The lowest BCUT2D eigenvalue weighted by molar-refractivity contribution is -0.117. The summed E-state index contributed by atoms with van der Waals surface area (Å²) in [5.41, 5.74) is 0.0389. The smallest absolute Gasteiger partial charge is 0.351 e. The number of hydrogen-bond acceptors (Lipinski definition) is 6. The van der Waals surface area contributed by atoms with Crippen molar-refractivity contribution in [1.29, 1.82) is 0 Å². The number of rotatable bonds is 7. The number of aromatic nitrogens is 4. The molecule has 0 aliphatic rings. The van der Waals surface area contributed by atoms with Gasteiger partial charge in [0.05, 0.1) is 12.3 Å². The lowest BCUT2D eigenvalue weighted by atomic mass is 10.3. The zero-order valence-electron chi connectivity index (χ0n) is 16.5. The SMILES string of the molecule is CCOc1ccccc1NC(=O)Cn1nc2c(Oc3cccc(F)c3)nccn2c1=O. The normalized spacial score (nSPS) is 10.8. The molecule has 4 aromatic rings. The number of halogens is 1. The van der Waals surface area contributed by atoms with Gasteiger partial charge in [-0.15, -0.1) is 5.10 Å². The lowest BCUT2D eigenvalue weighted by Crippen LogP contribution is -2.28. The number of amides is 1. The number of hydrogen-bond donors (Lipinski definition) is 1. The number of para-hydroxylation sites is 2. The first-order chi connectivity index (χ1) is 15.0. The number of benzene rings is 2. The Hall–Kier alpha value is -4.21. The van der Waals surface area contributed by atoms with E-state index in [1.165, 1.54) is 35.0 Å². The fourth-order valence-electron chi connectivity index (χ4n) is 2.92. The summed E-state index contributed by atoms with van der Waals surface area (Å²) in [6.07, 6.45) is 2.76. The van der Waals surface area contributed by atoms with E-state index < -0.39 is 17.4 Å². The summed E-state index contributed by atoms with van der Waals surface area (Å²) >= 11 is 0. The number of carbonyl (C=O) groups excluding carboxylic acids is 1. The number of nitrogens with zero attached hydrogens (tertiary/aromatic N) is 4.